The van der Waals surface area contributed by atoms with Crippen molar-refractivity contribution in [3.63, 3.8) is 0 Å². The van der Waals surface area contributed by atoms with Crippen LogP contribution in [0.5, 0.6) is 0 Å². The minimum Gasteiger partial charge on any atom is -0.380 e. The number of ether oxygens (including phenoxy) is 1. The normalized spacial score (nSPS) is 18.4. The lowest BCUT2D eigenvalue weighted by atomic mass is 9.83. The van der Waals surface area contributed by atoms with E-state index in [1.165, 1.54) is 9.78 Å². The molecule has 1 fully saturated rings. The Morgan fingerprint density at radius 3 is 2.33 bits per heavy atom. The molecule has 2 heterocycles. The second-order valence-electron chi connectivity index (χ2n) is 8.61. The molecule has 5 nitrogen and oxygen atoms in total. The van der Waals surface area contributed by atoms with E-state index in [4.69, 9.17) is 4.74 Å². The van der Waals surface area contributed by atoms with E-state index in [-0.39, 0.29) is 11.7 Å². The van der Waals surface area contributed by atoms with E-state index in [1.807, 2.05) is 48.5 Å². The van der Waals surface area contributed by atoms with Crippen LogP contribution >= 0.6 is 11.3 Å². The number of amides is 1. The molecule has 1 aromatic heterocycles. The SMILES string of the molecule is COCc1ccccc1C1C(C(=O)C(C)C)C(=O)C(=O)N1c1ccc(-c2ccc(C)s2)cc1. The van der Waals surface area contributed by atoms with Gasteiger partial charge < -0.3 is 4.74 Å². The summed E-state index contributed by atoms with van der Waals surface area (Å²) in [5.41, 5.74) is 3.25. The number of aryl methyl sites for hydroxylation is 1. The largest absolute Gasteiger partial charge is 0.380 e. The molecule has 4 rings (SSSR count). The molecule has 6 heteroatoms. The van der Waals surface area contributed by atoms with E-state index >= 15 is 0 Å². The van der Waals surface area contributed by atoms with Gasteiger partial charge in [-0.3, -0.25) is 19.3 Å². The molecule has 1 aliphatic heterocycles. The highest BCUT2D eigenvalue weighted by molar-refractivity contribution is 7.15. The lowest BCUT2D eigenvalue weighted by Gasteiger charge is -2.29. The standard InChI is InChI=1S/C27H27NO4S/c1-16(2)25(29)23-24(21-8-6-5-7-19(21)15-32-4)28(27(31)26(23)30)20-12-10-18(11-13-20)22-14-9-17(3)33-22/h5-14,16,23-24H,15H2,1-4H3. The fourth-order valence-electron chi connectivity index (χ4n) is 4.40. The van der Waals surface area contributed by atoms with Gasteiger partial charge in [0, 0.05) is 28.5 Å². The second kappa shape index (κ2) is 9.41. The summed E-state index contributed by atoms with van der Waals surface area (Å²) < 4.78 is 5.36. The van der Waals surface area contributed by atoms with E-state index in [9.17, 15) is 14.4 Å². The smallest absolute Gasteiger partial charge is 0.295 e. The lowest BCUT2D eigenvalue weighted by molar-refractivity contribution is -0.139. The highest BCUT2D eigenvalue weighted by Gasteiger charge is 2.52. The maximum absolute atomic E-state index is 13.2. The summed E-state index contributed by atoms with van der Waals surface area (Å²) >= 11 is 1.70. The van der Waals surface area contributed by atoms with Gasteiger partial charge in [-0.15, -0.1) is 11.3 Å². The monoisotopic (exact) mass is 461 g/mol. The lowest BCUT2D eigenvalue weighted by Crippen LogP contribution is -2.32. The summed E-state index contributed by atoms with van der Waals surface area (Å²) in [6.07, 6.45) is 0. The van der Waals surface area contributed by atoms with Crippen LogP contribution in [0.3, 0.4) is 0 Å². The van der Waals surface area contributed by atoms with Gasteiger partial charge in [0.1, 0.15) is 11.7 Å². The number of hydrogen-bond acceptors (Lipinski definition) is 5. The zero-order chi connectivity index (χ0) is 23.7. The fraction of sp³-hybridized carbons (Fsp3) is 0.296. The summed E-state index contributed by atoms with van der Waals surface area (Å²) in [5, 5.41) is 0. The van der Waals surface area contributed by atoms with E-state index in [0.29, 0.717) is 12.3 Å². The third kappa shape index (κ3) is 4.28. The number of Topliss-reactive ketones (excluding diaryl/α,β-unsaturated/α-hetero) is 2. The Bertz CT molecular complexity index is 1190. The Morgan fingerprint density at radius 1 is 1.03 bits per heavy atom. The molecule has 1 amide bonds. The van der Waals surface area contributed by atoms with Crippen molar-refractivity contribution < 1.29 is 19.1 Å². The molecule has 0 spiro atoms. The van der Waals surface area contributed by atoms with Crippen molar-refractivity contribution in [3.8, 4) is 10.4 Å². The van der Waals surface area contributed by atoms with Crippen molar-refractivity contribution in [2.45, 2.75) is 33.4 Å². The molecule has 1 aliphatic rings. The van der Waals surface area contributed by atoms with Gasteiger partial charge in [-0.25, -0.2) is 0 Å². The predicted octanol–water partition coefficient (Wildman–Crippen LogP) is 5.37. The molecule has 0 N–H and O–H groups in total. The molecule has 1 saturated heterocycles. The Hall–Kier alpha value is -3.09. The summed E-state index contributed by atoms with van der Waals surface area (Å²) in [7, 11) is 1.60. The number of anilines is 1. The summed E-state index contributed by atoms with van der Waals surface area (Å²) in [5.74, 6) is -2.93. The van der Waals surface area contributed by atoms with Crippen LogP contribution in [0.25, 0.3) is 10.4 Å². The van der Waals surface area contributed by atoms with E-state index < -0.39 is 23.7 Å². The first-order valence-electron chi connectivity index (χ1n) is 11.0. The van der Waals surface area contributed by atoms with Crippen LogP contribution in [-0.4, -0.2) is 24.6 Å². The van der Waals surface area contributed by atoms with Crippen LogP contribution in [0, 0.1) is 18.8 Å². The summed E-state index contributed by atoms with van der Waals surface area (Å²) in [4.78, 5) is 43.4. The highest BCUT2D eigenvalue weighted by Crippen LogP contribution is 2.43. The van der Waals surface area contributed by atoms with Crippen LogP contribution in [0.4, 0.5) is 5.69 Å². The zero-order valence-corrected chi connectivity index (χ0v) is 20.0. The van der Waals surface area contributed by atoms with Crippen molar-refractivity contribution in [1.82, 2.24) is 0 Å². The molecule has 0 saturated carbocycles. The van der Waals surface area contributed by atoms with E-state index in [2.05, 4.69) is 19.1 Å². The number of carbonyl (C=O) groups is 3. The minimum atomic E-state index is -1.05. The van der Waals surface area contributed by atoms with Gasteiger partial charge in [-0.05, 0) is 47.9 Å². The maximum Gasteiger partial charge on any atom is 0.295 e. The quantitative estimate of drug-likeness (QED) is 0.351. The van der Waals surface area contributed by atoms with E-state index in [0.717, 1.165) is 21.6 Å². The first-order chi connectivity index (χ1) is 15.8. The maximum atomic E-state index is 13.2. The minimum absolute atomic E-state index is 0.223. The Labute approximate surface area is 198 Å². The fourth-order valence-corrected chi connectivity index (χ4v) is 5.27. The van der Waals surface area contributed by atoms with Crippen molar-refractivity contribution >= 4 is 34.5 Å². The molecule has 0 aliphatic carbocycles. The number of hydrogen-bond donors (Lipinski definition) is 0. The Morgan fingerprint density at radius 2 is 1.73 bits per heavy atom. The van der Waals surface area contributed by atoms with Crippen LogP contribution in [0.2, 0.25) is 0 Å². The molecule has 170 valence electrons. The van der Waals surface area contributed by atoms with Gasteiger partial charge in [0.05, 0.1) is 12.6 Å². The Balaban J connectivity index is 1.82. The average molecular weight is 462 g/mol. The predicted molar refractivity (Wildman–Crippen MR) is 130 cm³/mol. The van der Waals surface area contributed by atoms with Crippen LogP contribution in [0.1, 0.15) is 35.9 Å². The van der Waals surface area contributed by atoms with Crippen molar-refractivity contribution in [2.24, 2.45) is 11.8 Å². The number of thiophene rings is 1. The number of carbonyl (C=O) groups excluding carboxylic acids is 3. The number of nitrogens with zero attached hydrogens (tertiary/aromatic N) is 1. The molecular weight excluding hydrogens is 434 g/mol. The molecule has 2 aromatic carbocycles. The first-order valence-corrected chi connectivity index (χ1v) is 11.8. The summed E-state index contributed by atoms with van der Waals surface area (Å²) in [6, 6.07) is 18.6. The van der Waals surface area contributed by atoms with Gasteiger partial charge in [-0.1, -0.05) is 50.2 Å². The second-order valence-corrected chi connectivity index (χ2v) is 9.90. The molecule has 2 atom stereocenters. The average Bonchev–Trinajstić information content (AvgIpc) is 3.35. The van der Waals surface area contributed by atoms with Crippen molar-refractivity contribution in [3.05, 3.63) is 76.7 Å². The van der Waals surface area contributed by atoms with Crippen molar-refractivity contribution in [2.75, 3.05) is 12.0 Å². The zero-order valence-electron chi connectivity index (χ0n) is 19.2. The molecule has 0 bridgehead atoms. The highest BCUT2D eigenvalue weighted by atomic mass is 32.1. The van der Waals surface area contributed by atoms with Gasteiger partial charge >= 0.3 is 0 Å². The van der Waals surface area contributed by atoms with Crippen LogP contribution in [-0.2, 0) is 25.7 Å². The molecule has 3 aromatic rings. The molecular formula is C27H27NO4S. The van der Waals surface area contributed by atoms with Gasteiger partial charge in [0.2, 0.25) is 5.78 Å². The Kier molecular flexibility index (Phi) is 6.58. The molecule has 33 heavy (non-hydrogen) atoms. The topological polar surface area (TPSA) is 63.7 Å². The third-order valence-corrected chi connectivity index (χ3v) is 7.08. The number of methoxy groups -OCH3 is 1. The molecule has 2 unspecified atom stereocenters. The summed E-state index contributed by atoms with van der Waals surface area (Å²) in [6.45, 7) is 5.91. The number of benzene rings is 2. The van der Waals surface area contributed by atoms with Crippen molar-refractivity contribution in [1.29, 1.82) is 0 Å². The number of rotatable bonds is 7. The third-order valence-electron chi connectivity index (χ3n) is 6.03. The van der Waals surface area contributed by atoms with Gasteiger partial charge in [-0.2, -0.15) is 0 Å². The van der Waals surface area contributed by atoms with Gasteiger partial charge in [0.15, 0.2) is 0 Å². The first kappa shape index (κ1) is 23.1. The van der Waals surface area contributed by atoms with E-state index in [1.54, 1.807) is 32.3 Å². The van der Waals surface area contributed by atoms with Gasteiger partial charge in [0.25, 0.3) is 5.91 Å². The number of ketones is 2. The van der Waals surface area contributed by atoms with Crippen LogP contribution < -0.4 is 4.90 Å². The van der Waals surface area contributed by atoms with Crippen LogP contribution in [0.15, 0.2) is 60.7 Å². The molecule has 0 radical (unpaired) electrons.